The van der Waals surface area contributed by atoms with Crippen LogP contribution >= 0.6 is 11.6 Å². The second-order valence-electron chi connectivity index (χ2n) is 6.69. The summed E-state index contributed by atoms with van der Waals surface area (Å²) in [5, 5.41) is -0.141. The number of carbonyl (C=O) groups is 3. The van der Waals surface area contributed by atoms with E-state index >= 15 is 0 Å². The number of rotatable bonds is 3. The lowest BCUT2D eigenvalue weighted by molar-refractivity contribution is -0.123. The number of hydrogen-bond donors (Lipinski definition) is 0. The Morgan fingerprint density at radius 1 is 1.36 bits per heavy atom. The third kappa shape index (κ3) is 2.66. The SMILES string of the molecule is CC(C)OC(=O)c1cc(N2C(=O)N3CCC[C@@]3(C)C2=O)c(F)cc1Cl. The number of fused-ring (bicyclic) bond motifs is 1. The molecule has 0 unspecified atom stereocenters. The Labute approximate surface area is 149 Å². The molecule has 0 radical (unpaired) electrons. The van der Waals surface area contributed by atoms with Gasteiger partial charge >= 0.3 is 12.0 Å². The average molecular weight is 369 g/mol. The molecule has 0 N–H and O–H groups in total. The zero-order valence-corrected chi connectivity index (χ0v) is 14.9. The smallest absolute Gasteiger partial charge is 0.339 e. The highest BCUT2D eigenvalue weighted by Gasteiger charge is 2.57. The molecule has 0 spiro atoms. The monoisotopic (exact) mass is 368 g/mol. The maximum atomic E-state index is 14.5. The van der Waals surface area contributed by atoms with Crippen LogP contribution in [0.5, 0.6) is 0 Å². The van der Waals surface area contributed by atoms with Gasteiger partial charge in [0.1, 0.15) is 11.4 Å². The average Bonchev–Trinajstić information content (AvgIpc) is 2.98. The number of amides is 3. The molecule has 2 saturated heterocycles. The van der Waals surface area contributed by atoms with Crippen LogP contribution in [-0.4, -0.2) is 41.0 Å². The second kappa shape index (κ2) is 5.98. The Morgan fingerprint density at radius 2 is 2.04 bits per heavy atom. The van der Waals surface area contributed by atoms with Crippen molar-refractivity contribution < 1.29 is 23.5 Å². The molecule has 2 heterocycles. The Bertz CT molecular complexity index is 782. The molecule has 3 amide bonds. The lowest BCUT2D eigenvalue weighted by atomic mass is 9.99. The summed E-state index contributed by atoms with van der Waals surface area (Å²) in [5.74, 6) is -2.09. The highest BCUT2D eigenvalue weighted by Crippen LogP contribution is 2.41. The van der Waals surface area contributed by atoms with Crippen LogP contribution in [-0.2, 0) is 9.53 Å². The molecule has 1 aromatic rings. The van der Waals surface area contributed by atoms with Gasteiger partial charge in [-0.25, -0.2) is 18.9 Å². The fourth-order valence-electron chi connectivity index (χ4n) is 3.30. The molecule has 0 saturated carbocycles. The van der Waals surface area contributed by atoms with E-state index in [1.54, 1.807) is 20.8 Å². The van der Waals surface area contributed by atoms with Crippen molar-refractivity contribution in [2.24, 2.45) is 0 Å². The predicted octanol–water partition coefficient (Wildman–Crippen LogP) is 3.37. The predicted molar refractivity (Wildman–Crippen MR) is 89.2 cm³/mol. The minimum atomic E-state index is -0.970. The van der Waals surface area contributed by atoms with E-state index in [0.29, 0.717) is 13.0 Å². The molecule has 2 fully saturated rings. The lowest BCUT2D eigenvalue weighted by Crippen LogP contribution is -2.41. The van der Waals surface area contributed by atoms with Gasteiger partial charge in [-0.15, -0.1) is 0 Å². The van der Waals surface area contributed by atoms with Crippen LogP contribution in [0.4, 0.5) is 14.9 Å². The number of anilines is 1. The topological polar surface area (TPSA) is 66.9 Å². The van der Waals surface area contributed by atoms with E-state index < -0.39 is 35.4 Å². The molecule has 134 valence electrons. The quantitative estimate of drug-likeness (QED) is 0.606. The third-order valence-corrected chi connectivity index (χ3v) is 4.88. The Hall–Kier alpha value is -2.15. The summed E-state index contributed by atoms with van der Waals surface area (Å²) in [4.78, 5) is 39.8. The molecular weight excluding hydrogens is 351 g/mol. The highest BCUT2D eigenvalue weighted by atomic mass is 35.5. The maximum Gasteiger partial charge on any atom is 0.339 e. The molecule has 0 bridgehead atoms. The van der Waals surface area contributed by atoms with Crippen LogP contribution in [0, 0.1) is 5.82 Å². The Balaban J connectivity index is 2.04. The largest absolute Gasteiger partial charge is 0.459 e. The zero-order chi connectivity index (χ0) is 18.5. The first-order valence-electron chi connectivity index (χ1n) is 8.03. The number of carbonyl (C=O) groups excluding carboxylic acids is 3. The number of ether oxygens (including phenoxy) is 1. The molecule has 1 aromatic carbocycles. The lowest BCUT2D eigenvalue weighted by Gasteiger charge is -2.22. The van der Waals surface area contributed by atoms with Gasteiger partial charge in [-0.3, -0.25) is 4.79 Å². The van der Waals surface area contributed by atoms with Crippen molar-refractivity contribution in [3.8, 4) is 0 Å². The number of esters is 1. The summed E-state index contributed by atoms with van der Waals surface area (Å²) >= 11 is 5.94. The van der Waals surface area contributed by atoms with Crippen molar-refractivity contribution in [3.05, 3.63) is 28.5 Å². The number of benzene rings is 1. The van der Waals surface area contributed by atoms with Gasteiger partial charge < -0.3 is 9.64 Å². The maximum absolute atomic E-state index is 14.5. The summed E-state index contributed by atoms with van der Waals surface area (Å²) in [7, 11) is 0. The molecule has 1 atom stereocenters. The highest BCUT2D eigenvalue weighted by molar-refractivity contribution is 6.34. The van der Waals surface area contributed by atoms with E-state index in [0.717, 1.165) is 23.5 Å². The van der Waals surface area contributed by atoms with Gasteiger partial charge in [0.05, 0.1) is 22.4 Å². The molecule has 6 nitrogen and oxygen atoms in total. The number of halogens is 2. The third-order valence-electron chi connectivity index (χ3n) is 4.57. The van der Waals surface area contributed by atoms with Crippen LogP contribution in [0.25, 0.3) is 0 Å². The van der Waals surface area contributed by atoms with E-state index in [4.69, 9.17) is 16.3 Å². The van der Waals surface area contributed by atoms with E-state index in [1.807, 2.05) is 0 Å². The second-order valence-corrected chi connectivity index (χ2v) is 7.10. The van der Waals surface area contributed by atoms with E-state index in [1.165, 1.54) is 4.90 Å². The number of nitrogens with zero attached hydrogens (tertiary/aromatic N) is 2. The van der Waals surface area contributed by atoms with Crippen molar-refractivity contribution in [1.82, 2.24) is 4.90 Å². The summed E-state index contributed by atoms with van der Waals surface area (Å²) in [6.07, 6.45) is 0.846. The fourth-order valence-corrected chi connectivity index (χ4v) is 3.52. The van der Waals surface area contributed by atoms with Crippen LogP contribution in [0.1, 0.15) is 44.0 Å². The number of urea groups is 1. The Kier molecular flexibility index (Phi) is 4.23. The molecule has 0 aromatic heterocycles. The molecular formula is C17H18ClFN2O4. The number of hydrogen-bond acceptors (Lipinski definition) is 4. The van der Waals surface area contributed by atoms with E-state index in [9.17, 15) is 18.8 Å². The summed E-state index contributed by atoms with van der Waals surface area (Å²) < 4.78 is 19.5. The van der Waals surface area contributed by atoms with Crippen LogP contribution in [0.15, 0.2) is 12.1 Å². The van der Waals surface area contributed by atoms with Gasteiger partial charge in [0.15, 0.2) is 0 Å². The standard InChI is InChI=1S/C17H18ClFN2O4/c1-9(2)25-14(22)10-7-13(12(19)8-11(10)18)21-15(23)17(3)5-4-6-20(17)16(21)24/h7-9H,4-6H2,1-3H3/t17-/m0/s1. The van der Waals surface area contributed by atoms with Gasteiger partial charge in [-0.1, -0.05) is 11.6 Å². The zero-order valence-electron chi connectivity index (χ0n) is 14.1. The molecule has 2 aliphatic heterocycles. The number of imide groups is 1. The first kappa shape index (κ1) is 17.7. The van der Waals surface area contributed by atoms with Gasteiger partial charge in [-0.05, 0) is 45.7 Å². The summed E-state index contributed by atoms with van der Waals surface area (Å²) in [5.41, 5.74) is -1.35. The summed E-state index contributed by atoms with van der Waals surface area (Å²) in [6, 6.07) is 1.43. The van der Waals surface area contributed by atoms with Crippen LogP contribution < -0.4 is 4.90 Å². The molecule has 2 aliphatic rings. The van der Waals surface area contributed by atoms with Gasteiger partial charge in [0, 0.05) is 6.54 Å². The fraction of sp³-hybridized carbons (Fsp3) is 0.471. The minimum Gasteiger partial charge on any atom is -0.459 e. The van der Waals surface area contributed by atoms with Gasteiger partial charge in [0.25, 0.3) is 5.91 Å². The van der Waals surface area contributed by atoms with Crippen LogP contribution in [0.2, 0.25) is 5.02 Å². The normalized spacial score (nSPS) is 22.8. The van der Waals surface area contributed by atoms with Crippen molar-refractivity contribution >= 4 is 35.2 Å². The molecule has 3 rings (SSSR count). The van der Waals surface area contributed by atoms with E-state index in [-0.39, 0.29) is 16.3 Å². The molecule has 25 heavy (non-hydrogen) atoms. The molecule has 0 aliphatic carbocycles. The van der Waals surface area contributed by atoms with Gasteiger partial charge in [-0.2, -0.15) is 0 Å². The van der Waals surface area contributed by atoms with Gasteiger partial charge in [0.2, 0.25) is 0 Å². The summed E-state index contributed by atoms with van der Waals surface area (Å²) in [6.45, 7) is 5.44. The minimum absolute atomic E-state index is 0.0930. The van der Waals surface area contributed by atoms with Crippen LogP contribution in [0.3, 0.4) is 0 Å². The first-order valence-corrected chi connectivity index (χ1v) is 8.41. The van der Waals surface area contributed by atoms with E-state index in [2.05, 4.69) is 0 Å². The van der Waals surface area contributed by atoms with Crippen molar-refractivity contribution in [2.45, 2.75) is 45.3 Å². The molecule has 8 heteroatoms. The van der Waals surface area contributed by atoms with Crippen molar-refractivity contribution in [1.29, 1.82) is 0 Å². The van der Waals surface area contributed by atoms with Crippen molar-refractivity contribution in [3.63, 3.8) is 0 Å². The first-order chi connectivity index (χ1) is 11.7. The Morgan fingerprint density at radius 3 is 2.64 bits per heavy atom. The van der Waals surface area contributed by atoms with Crippen molar-refractivity contribution in [2.75, 3.05) is 11.4 Å².